The van der Waals surface area contributed by atoms with Gasteiger partial charge in [0.2, 0.25) is 0 Å². The van der Waals surface area contributed by atoms with Gasteiger partial charge >= 0.3 is 0 Å². The molecule has 2 aliphatic rings. The Hall–Kier alpha value is -1.08. The first kappa shape index (κ1) is 22.2. The Morgan fingerprint density at radius 1 is 1.19 bits per heavy atom. The smallest absolute Gasteiger partial charge is 0.194 e. The van der Waals surface area contributed by atoms with Crippen molar-refractivity contribution in [2.75, 3.05) is 45.8 Å². The summed E-state index contributed by atoms with van der Waals surface area (Å²) in [4.78, 5) is 9.96. The Balaban J connectivity index is 0.00000261. The standard InChI is InChI=1S/C22H34N4.HI/c1-3-23-22(24-17-19-9-8-14-25(4-2)18-19)26-15-12-21(13-16-26)20-10-6-5-7-11-20;/h5-7,10-12,19H,3-4,8-9,13-18H2,1-2H3,(H,23,24);1H. The van der Waals surface area contributed by atoms with Crippen molar-refractivity contribution in [2.45, 2.75) is 33.1 Å². The second kappa shape index (κ2) is 11.7. The Bertz CT molecular complexity index is 614. The maximum absolute atomic E-state index is 5.00. The summed E-state index contributed by atoms with van der Waals surface area (Å²) in [5.74, 6) is 1.79. The molecule has 1 N–H and O–H groups in total. The molecule has 0 aliphatic carbocycles. The van der Waals surface area contributed by atoms with Crippen LogP contribution in [0.5, 0.6) is 0 Å². The molecule has 1 atom stereocenters. The van der Waals surface area contributed by atoms with E-state index in [9.17, 15) is 0 Å². The van der Waals surface area contributed by atoms with Gasteiger partial charge in [0.1, 0.15) is 0 Å². The van der Waals surface area contributed by atoms with Crippen LogP contribution in [0, 0.1) is 5.92 Å². The van der Waals surface area contributed by atoms with Gasteiger partial charge in [0, 0.05) is 32.7 Å². The molecule has 0 spiro atoms. The van der Waals surface area contributed by atoms with Gasteiger partial charge in [-0.15, -0.1) is 24.0 Å². The number of benzene rings is 1. The molecule has 0 amide bonds. The van der Waals surface area contributed by atoms with Gasteiger partial charge in [-0.25, -0.2) is 0 Å². The topological polar surface area (TPSA) is 30.9 Å². The molecule has 150 valence electrons. The molecule has 0 saturated carbocycles. The minimum absolute atomic E-state index is 0. The number of aliphatic imine (C=N–C) groups is 1. The molecule has 1 saturated heterocycles. The highest BCUT2D eigenvalue weighted by Crippen LogP contribution is 2.22. The fourth-order valence-electron chi connectivity index (χ4n) is 4.00. The molecule has 0 bridgehead atoms. The minimum Gasteiger partial charge on any atom is -0.357 e. The molecule has 0 radical (unpaired) electrons. The van der Waals surface area contributed by atoms with Crippen LogP contribution in [0.1, 0.15) is 38.7 Å². The first-order valence-corrected chi connectivity index (χ1v) is 10.3. The van der Waals surface area contributed by atoms with Crippen LogP contribution in [-0.4, -0.2) is 61.6 Å². The molecular weight excluding hydrogens is 447 g/mol. The predicted octanol–water partition coefficient (Wildman–Crippen LogP) is 4.09. The van der Waals surface area contributed by atoms with Gasteiger partial charge < -0.3 is 15.1 Å². The van der Waals surface area contributed by atoms with Crippen LogP contribution >= 0.6 is 24.0 Å². The van der Waals surface area contributed by atoms with Crippen LogP contribution in [0.25, 0.3) is 5.57 Å². The summed E-state index contributed by atoms with van der Waals surface area (Å²) in [5.41, 5.74) is 2.82. The molecule has 4 nitrogen and oxygen atoms in total. The summed E-state index contributed by atoms with van der Waals surface area (Å²) < 4.78 is 0. The minimum atomic E-state index is 0. The predicted molar refractivity (Wildman–Crippen MR) is 127 cm³/mol. The molecule has 2 aliphatic heterocycles. The monoisotopic (exact) mass is 482 g/mol. The van der Waals surface area contributed by atoms with Gasteiger partial charge in [0.05, 0.1) is 0 Å². The number of likely N-dealkylation sites (tertiary alicyclic amines) is 1. The highest BCUT2D eigenvalue weighted by molar-refractivity contribution is 14.0. The summed E-state index contributed by atoms with van der Waals surface area (Å²) in [5, 5.41) is 3.50. The molecule has 0 aromatic heterocycles. The quantitative estimate of drug-likeness (QED) is 0.390. The normalized spacial score (nSPS) is 21.4. The van der Waals surface area contributed by atoms with Crippen LogP contribution in [0.2, 0.25) is 0 Å². The summed E-state index contributed by atoms with van der Waals surface area (Å²) in [6, 6.07) is 10.8. The number of piperidine rings is 1. The number of hydrogen-bond donors (Lipinski definition) is 1. The molecule has 1 fully saturated rings. The highest BCUT2D eigenvalue weighted by Gasteiger charge is 2.20. The average Bonchev–Trinajstić information content (AvgIpc) is 2.72. The van der Waals surface area contributed by atoms with Crippen molar-refractivity contribution in [1.82, 2.24) is 15.1 Å². The lowest BCUT2D eigenvalue weighted by atomic mass is 9.98. The number of nitrogens with zero attached hydrogens (tertiary/aromatic N) is 3. The Labute approximate surface area is 182 Å². The number of nitrogens with one attached hydrogen (secondary N) is 1. The van der Waals surface area contributed by atoms with Gasteiger partial charge in [-0.3, -0.25) is 4.99 Å². The lowest BCUT2D eigenvalue weighted by Crippen LogP contribution is -2.44. The zero-order chi connectivity index (χ0) is 18.2. The second-order valence-electron chi connectivity index (χ2n) is 7.39. The Kier molecular flexibility index (Phi) is 9.62. The average molecular weight is 482 g/mol. The third-order valence-electron chi connectivity index (χ3n) is 5.54. The van der Waals surface area contributed by atoms with E-state index in [1.165, 1.54) is 43.6 Å². The molecule has 27 heavy (non-hydrogen) atoms. The fraction of sp³-hybridized carbons (Fsp3) is 0.591. The van der Waals surface area contributed by atoms with Crippen molar-refractivity contribution < 1.29 is 0 Å². The van der Waals surface area contributed by atoms with E-state index in [-0.39, 0.29) is 24.0 Å². The van der Waals surface area contributed by atoms with Gasteiger partial charge in [-0.05, 0) is 56.3 Å². The third-order valence-corrected chi connectivity index (χ3v) is 5.54. The van der Waals surface area contributed by atoms with E-state index < -0.39 is 0 Å². The maximum atomic E-state index is 5.00. The maximum Gasteiger partial charge on any atom is 0.194 e. The van der Waals surface area contributed by atoms with Gasteiger partial charge in [-0.2, -0.15) is 0 Å². The van der Waals surface area contributed by atoms with Gasteiger partial charge in [0.25, 0.3) is 0 Å². The van der Waals surface area contributed by atoms with E-state index in [1.54, 1.807) is 0 Å². The van der Waals surface area contributed by atoms with Crippen LogP contribution in [0.15, 0.2) is 41.4 Å². The summed E-state index contributed by atoms with van der Waals surface area (Å²) in [6.07, 6.45) is 6.08. The van der Waals surface area contributed by atoms with Crippen molar-refractivity contribution >= 4 is 35.5 Å². The number of hydrogen-bond acceptors (Lipinski definition) is 2. The molecular formula is C22H35IN4. The van der Waals surface area contributed by atoms with Crippen LogP contribution in [0.3, 0.4) is 0 Å². The summed E-state index contributed by atoms with van der Waals surface area (Å²) in [7, 11) is 0. The van der Waals surface area contributed by atoms with Crippen LogP contribution in [0.4, 0.5) is 0 Å². The molecule has 5 heteroatoms. The first-order chi connectivity index (χ1) is 12.8. The highest BCUT2D eigenvalue weighted by atomic mass is 127. The van der Waals surface area contributed by atoms with Gasteiger partial charge in [0.15, 0.2) is 5.96 Å². The summed E-state index contributed by atoms with van der Waals surface area (Å²) >= 11 is 0. The van der Waals surface area contributed by atoms with E-state index >= 15 is 0 Å². The molecule has 1 unspecified atom stereocenters. The largest absolute Gasteiger partial charge is 0.357 e. The fourth-order valence-corrected chi connectivity index (χ4v) is 4.00. The number of halogens is 1. The SMILES string of the molecule is CCNC(=NCC1CCCN(CC)C1)N1CC=C(c2ccccc2)CC1.I. The number of guanidine groups is 1. The molecule has 3 rings (SSSR count). The van der Waals surface area contributed by atoms with Crippen LogP contribution < -0.4 is 5.32 Å². The lowest BCUT2D eigenvalue weighted by Gasteiger charge is -2.32. The summed E-state index contributed by atoms with van der Waals surface area (Å²) in [6.45, 7) is 11.9. The van der Waals surface area contributed by atoms with Crippen molar-refractivity contribution in [3.05, 3.63) is 42.0 Å². The second-order valence-corrected chi connectivity index (χ2v) is 7.39. The van der Waals surface area contributed by atoms with Crippen molar-refractivity contribution in [3.8, 4) is 0 Å². The lowest BCUT2D eigenvalue weighted by molar-refractivity contribution is 0.186. The molecule has 2 heterocycles. The van der Waals surface area contributed by atoms with Gasteiger partial charge in [-0.1, -0.05) is 43.3 Å². The third kappa shape index (κ3) is 6.49. The van der Waals surface area contributed by atoms with Crippen LogP contribution in [-0.2, 0) is 0 Å². The van der Waals surface area contributed by atoms with Crippen molar-refractivity contribution in [3.63, 3.8) is 0 Å². The zero-order valence-corrected chi connectivity index (χ0v) is 19.2. The molecule has 1 aromatic carbocycles. The van der Waals surface area contributed by atoms with E-state index in [4.69, 9.17) is 4.99 Å². The van der Waals surface area contributed by atoms with Crippen molar-refractivity contribution in [1.29, 1.82) is 0 Å². The zero-order valence-electron chi connectivity index (χ0n) is 16.9. The Morgan fingerprint density at radius 2 is 2.00 bits per heavy atom. The Morgan fingerprint density at radius 3 is 2.67 bits per heavy atom. The van der Waals surface area contributed by atoms with E-state index in [1.807, 2.05) is 0 Å². The van der Waals surface area contributed by atoms with Crippen molar-refractivity contribution in [2.24, 2.45) is 10.9 Å². The first-order valence-electron chi connectivity index (χ1n) is 10.3. The van der Waals surface area contributed by atoms with E-state index in [0.29, 0.717) is 5.92 Å². The molecule has 1 aromatic rings. The number of rotatable bonds is 5. The van der Waals surface area contributed by atoms with E-state index in [2.05, 4.69) is 65.4 Å². The van der Waals surface area contributed by atoms with E-state index in [0.717, 1.165) is 38.6 Å².